The van der Waals surface area contributed by atoms with E-state index in [0.717, 1.165) is 30.7 Å². The van der Waals surface area contributed by atoms with E-state index in [1.165, 1.54) is 5.52 Å². The molecule has 0 aliphatic carbocycles. The highest BCUT2D eigenvalue weighted by molar-refractivity contribution is 5.75. The van der Waals surface area contributed by atoms with Gasteiger partial charge in [-0.05, 0) is 39.3 Å². The zero-order chi connectivity index (χ0) is 12.5. The molecular weight excluding hydrogens is 210 g/mol. The number of aryl methyl sites for hydroxylation is 2. The standard InChI is InChI=1S/C14H21N3/c1-4-17-12-8-6-5-7-11(12)16-13(17)9-10-14(2,3)15/h5-8H,4,9-10,15H2,1-3H3. The summed E-state index contributed by atoms with van der Waals surface area (Å²) in [6.45, 7) is 7.24. The topological polar surface area (TPSA) is 43.8 Å². The maximum Gasteiger partial charge on any atom is 0.109 e. The van der Waals surface area contributed by atoms with Gasteiger partial charge in [0.1, 0.15) is 5.82 Å². The Morgan fingerprint density at radius 2 is 2.00 bits per heavy atom. The summed E-state index contributed by atoms with van der Waals surface area (Å²) in [5.41, 5.74) is 8.21. The molecule has 0 saturated heterocycles. The number of para-hydroxylation sites is 2. The van der Waals surface area contributed by atoms with Gasteiger partial charge in [0.15, 0.2) is 0 Å². The first-order valence-corrected chi connectivity index (χ1v) is 6.24. The lowest BCUT2D eigenvalue weighted by Crippen LogP contribution is -2.32. The maximum atomic E-state index is 6.03. The number of fused-ring (bicyclic) bond motifs is 1. The molecule has 17 heavy (non-hydrogen) atoms. The van der Waals surface area contributed by atoms with E-state index in [9.17, 15) is 0 Å². The van der Waals surface area contributed by atoms with E-state index < -0.39 is 0 Å². The van der Waals surface area contributed by atoms with Gasteiger partial charge in [-0.1, -0.05) is 12.1 Å². The van der Waals surface area contributed by atoms with Gasteiger partial charge in [0, 0.05) is 18.5 Å². The van der Waals surface area contributed by atoms with Crippen molar-refractivity contribution in [1.29, 1.82) is 0 Å². The van der Waals surface area contributed by atoms with E-state index in [2.05, 4.69) is 43.5 Å². The van der Waals surface area contributed by atoms with Gasteiger partial charge >= 0.3 is 0 Å². The van der Waals surface area contributed by atoms with Crippen LogP contribution in [0.25, 0.3) is 11.0 Å². The Bertz CT molecular complexity index is 506. The highest BCUT2D eigenvalue weighted by atomic mass is 15.1. The predicted octanol–water partition coefficient (Wildman–Crippen LogP) is 2.73. The van der Waals surface area contributed by atoms with Gasteiger partial charge in [-0.25, -0.2) is 4.98 Å². The van der Waals surface area contributed by atoms with E-state index in [1.54, 1.807) is 0 Å². The molecule has 3 heteroatoms. The number of nitrogens with zero attached hydrogens (tertiary/aromatic N) is 2. The van der Waals surface area contributed by atoms with Gasteiger partial charge in [-0.2, -0.15) is 0 Å². The summed E-state index contributed by atoms with van der Waals surface area (Å²) in [4.78, 5) is 4.69. The molecule has 1 aromatic heterocycles. The Kier molecular flexibility index (Phi) is 3.20. The average molecular weight is 231 g/mol. The Hall–Kier alpha value is -1.35. The quantitative estimate of drug-likeness (QED) is 0.879. The van der Waals surface area contributed by atoms with E-state index in [0.29, 0.717) is 0 Å². The van der Waals surface area contributed by atoms with Crippen molar-refractivity contribution in [3.63, 3.8) is 0 Å². The summed E-state index contributed by atoms with van der Waals surface area (Å²) in [6, 6.07) is 8.29. The van der Waals surface area contributed by atoms with Crippen LogP contribution >= 0.6 is 0 Å². The number of nitrogens with two attached hydrogens (primary N) is 1. The Labute approximate surface area is 103 Å². The molecule has 3 nitrogen and oxygen atoms in total. The number of hydrogen-bond acceptors (Lipinski definition) is 2. The number of rotatable bonds is 4. The lowest BCUT2D eigenvalue weighted by Gasteiger charge is -2.18. The highest BCUT2D eigenvalue weighted by Crippen LogP contribution is 2.18. The first-order valence-electron chi connectivity index (χ1n) is 6.24. The van der Waals surface area contributed by atoms with Crippen molar-refractivity contribution in [2.45, 2.75) is 45.7 Å². The normalized spacial score (nSPS) is 12.2. The second-order valence-corrected chi connectivity index (χ2v) is 5.25. The first-order chi connectivity index (χ1) is 8.01. The van der Waals surface area contributed by atoms with Crippen LogP contribution in [0.15, 0.2) is 24.3 Å². The Morgan fingerprint density at radius 1 is 1.29 bits per heavy atom. The third-order valence-electron chi connectivity index (χ3n) is 3.04. The molecule has 92 valence electrons. The van der Waals surface area contributed by atoms with Crippen LogP contribution in [-0.2, 0) is 13.0 Å². The molecule has 0 radical (unpaired) electrons. The van der Waals surface area contributed by atoms with Gasteiger partial charge in [0.25, 0.3) is 0 Å². The van der Waals surface area contributed by atoms with Crippen LogP contribution in [-0.4, -0.2) is 15.1 Å². The Morgan fingerprint density at radius 3 is 2.65 bits per heavy atom. The summed E-state index contributed by atoms with van der Waals surface area (Å²) in [5.74, 6) is 1.15. The van der Waals surface area contributed by atoms with Crippen molar-refractivity contribution >= 4 is 11.0 Å². The fourth-order valence-electron chi connectivity index (χ4n) is 2.10. The van der Waals surface area contributed by atoms with E-state index in [-0.39, 0.29) is 5.54 Å². The molecule has 0 fully saturated rings. The van der Waals surface area contributed by atoms with E-state index >= 15 is 0 Å². The van der Waals surface area contributed by atoms with Gasteiger partial charge in [0.2, 0.25) is 0 Å². The summed E-state index contributed by atoms with van der Waals surface area (Å²) in [5, 5.41) is 0. The largest absolute Gasteiger partial charge is 0.328 e. The minimum atomic E-state index is -0.128. The predicted molar refractivity (Wildman–Crippen MR) is 72.0 cm³/mol. The number of imidazole rings is 1. The van der Waals surface area contributed by atoms with Crippen molar-refractivity contribution in [2.75, 3.05) is 0 Å². The van der Waals surface area contributed by atoms with Crippen LogP contribution in [0.3, 0.4) is 0 Å². The molecule has 0 unspecified atom stereocenters. The first kappa shape index (κ1) is 12.1. The summed E-state index contributed by atoms with van der Waals surface area (Å²) in [6.07, 6.45) is 1.89. The SMILES string of the molecule is CCn1c(CCC(C)(C)N)nc2ccccc21. The molecule has 0 atom stereocenters. The summed E-state index contributed by atoms with van der Waals surface area (Å²) < 4.78 is 2.28. The monoisotopic (exact) mass is 231 g/mol. The second kappa shape index (κ2) is 4.49. The van der Waals surface area contributed by atoms with E-state index in [4.69, 9.17) is 10.7 Å². The highest BCUT2D eigenvalue weighted by Gasteiger charge is 2.14. The molecule has 0 bridgehead atoms. The smallest absolute Gasteiger partial charge is 0.109 e. The molecule has 0 aliphatic rings. The zero-order valence-electron chi connectivity index (χ0n) is 10.9. The fourth-order valence-corrected chi connectivity index (χ4v) is 2.10. The summed E-state index contributed by atoms with van der Waals surface area (Å²) in [7, 11) is 0. The molecule has 0 aliphatic heterocycles. The van der Waals surface area contributed by atoms with E-state index in [1.807, 2.05) is 6.07 Å². The third kappa shape index (κ3) is 2.67. The number of hydrogen-bond donors (Lipinski definition) is 1. The molecule has 1 aromatic carbocycles. The third-order valence-corrected chi connectivity index (χ3v) is 3.04. The fraction of sp³-hybridized carbons (Fsp3) is 0.500. The second-order valence-electron chi connectivity index (χ2n) is 5.25. The minimum Gasteiger partial charge on any atom is -0.328 e. The van der Waals surface area contributed by atoms with Gasteiger partial charge in [-0.3, -0.25) is 0 Å². The van der Waals surface area contributed by atoms with Gasteiger partial charge in [-0.15, -0.1) is 0 Å². The minimum absolute atomic E-state index is 0.128. The molecule has 0 amide bonds. The van der Waals surface area contributed by atoms with Crippen LogP contribution in [0, 0.1) is 0 Å². The van der Waals surface area contributed by atoms with Crippen molar-refractivity contribution in [1.82, 2.24) is 9.55 Å². The average Bonchev–Trinajstić information content (AvgIpc) is 2.63. The lowest BCUT2D eigenvalue weighted by atomic mass is 10.00. The number of benzene rings is 1. The van der Waals surface area contributed by atoms with Crippen molar-refractivity contribution < 1.29 is 0 Å². The van der Waals surface area contributed by atoms with Gasteiger partial charge < -0.3 is 10.3 Å². The molecule has 2 rings (SSSR count). The number of aromatic nitrogens is 2. The molecule has 2 N–H and O–H groups in total. The van der Waals surface area contributed by atoms with Crippen LogP contribution < -0.4 is 5.73 Å². The van der Waals surface area contributed by atoms with Crippen molar-refractivity contribution in [2.24, 2.45) is 5.73 Å². The zero-order valence-corrected chi connectivity index (χ0v) is 10.9. The van der Waals surface area contributed by atoms with Crippen molar-refractivity contribution in [3.8, 4) is 0 Å². The maximum absolute atomic E-state index is 6.03. The lowest BCUT2D eigenvalue weighted by molar-refractivity contribution is 0.466. The Balaban J connectivity index is 2.33. The van der Waals surface area contributed by atoms with Crippen LogP contribution in [0.2, 0.25) is 0 Å². The van der Waals surface area contributed by atoms with Crippen LogP contribution in [0.1, 0.15) is 33.0 Å². The van der Waals surface area contributed by atoms with Gasteiger partial charge in [0.05, 0.1) is 11.0 Å². The molecular formula is C14H21N3. The van der Waals surface area contributed by atoms with Crippen LogP contribution in [0.4, 0.5) is 0 Å². The van der Waals surface area contributed by atoms with Crippen LogP contribution in [0.5, 0.6) is 0 Å². The summed E-state index contributed by atoms with van der Waals surface area (Å²) >= 11 is 0. The molecule has 0 spiro atoms. The molecule has 0 saturated carbocycles. The molecule has 1 heterocycles. The molecule has 2 aromatic rings. The van der Waals surface area contributed by atoms with Crippen molar-refractivity contribution in [3.05, 3.63) is 30.1 Å².